The second-order valence-electron chi connectivity index (χ2n) is 6.81. The highest BCUT2D eigenvalue weighted by molar-refractivity contribution is 5.98. The molecule has 0 aliphatic heterocycles. The summed E-state index contributed by atoms with van der Waals surface area (Å²) < 4.78 is 48.8. The molecule has 0 fully saturated rings. The summed E-state index contributed by atoms with van der Waals surface area (Å²) in [6.45, 7) is 1.59. The Kier molecular flexibility index (Phi) is 7.17. The fourth-order valence-electron chi connectivity index (χ4n) is 2.85. The molecule has 7 nitrogen and oxygen atoms in total. The van der Waals surface area contributed by atoms with Crippen LogP contribution in [0, 0.1) is 0 Å². The summed E-state index contributed by atoms with van der Waals surface area (Å²) in [6.07, 6.45) is -4.52. The molecule has 0 spiro atoms. The first kappa shape index (κ1) is 23.6. The van der Waals surface area contributed by atoms with E-state index < -0.39 is 30.2 Å². The van der Waals surface area contributed by atoms with Gasteiger partial charge in [-0.3, -0.25) is 9.59 Å². The number of carbonyl (C=O) groups excluding carboxylic acids is 3. The van der Waals surface area contributed by atoms with Crippen LogP contribution in [0.25, 0.3) is 11.3 Å². The summed E-state index contributed by atoms with van der Waals surface area (Å²) in [5.74, 6) is -2.14. The Balaban J connectivity index is 1.59. The number of hydrogen-bond acceptors (Lipinski definition) is 5. The molecule has 0 aliphatic carbocycles. The number of furan rings is 1. The van der Waals surface area contributed by atoms with E-state index >= 15 is 0 Å². The summed E-state index contributed by atoms with van der Waals surface area (Å²) in [4.78, 5) is 36.1. The third kappa shape index (κ3) is 6.22. The minimum Gasteiger partial charge on any atom is -0.450 e. The zero-order valence-corrected chi connectivity index (χ0v) is 17.4. The Morgan fingerprint density at radius 3 is 2.48 bits per heavy atom. The third-order valence-corrected chi connectivity index (χ3v) is 4.36. The molecule has 3 rings (SSSR count). The van der Waals surface area contributed by atoms with Crippen molar-refractivity contribution in [2.75, 3.05) is 18.5 Å². The molecule has 1 aromatic heterocycles. The van der Waals surface area contributed by atoms with Crippen molar-refractivity contribution in [2.24, 2.45) is 0 Å². The highest BCUT2D eigenvalue weighted by Crippen LogP contribution is 2.32. The van der Waals surface area contributed by atoms with Crippen molar-refractivity contribution in [1.29, 1.82) is 0 Å². The first-order valence-electron chi connectivity index (χ1n) is 9.80. The maximum absolute atomic E-state index is 12.9. The number of esters is 1. The normalized spacial score (nSPS) is 11.0. The number of alkyl halides is 3. The first-order chi connectivity index (χ1) is 15.7. The fraction of sp³-hybridized carbons (Fsp3) is 0.174. The lowest BCUT2D eigenvalue weighted by Crippen LogP contribution is -2.23. The van der Waals surface area contributed by atoms with Gasteiger partial charge in [-0.25, -0.2) is 4.79 Å². The molecule has 0 saturated heterocycles. The van der Waals surface area contributed by atoms with E-state index in [0.717, 1.165) is 12.1 Å². The van der Waals surface area contributed by atoms with Gasteiger partial charge in [-0.05, 0) is 49.4 Å². The van der Waals surface area contributed by atoms with E-state index in [1.165, 1.54) is 30.3 Å². The lowest BCUT2D eigenvalue weighted by atomic mass is 10.1. The molecule has 0 saturated carbocycles. The molecule has 10 heteroatoms. The summed E-state index contributed by atoms with van der Waals surface area (Å²) in [5, 5.41) is 5.14. The molecule has 33 heavy (non-hydrogen) atoms. The van der Waals surface area contributed by atoms with Crippen molar-refractivity contribution < 1.29 is 36.7 Å². The molecule has 0 aliphatic rings. The first-order valence-corrected chi connectivity index (χ1v) is 9.80. The van der Waals surface area contributed by atoms with E-state index in [1.54, 1.807) is 25.1 Å². The van der Waals surface area contributed by atoms with Crippen molar-refractivity contribution in [2.45, 2.75) is 13.1 Å². The number of rotatable bonds is 7. The number of amides is 2. The number of nitrogens with one attached hydrogen (secondary N) is 2. The van der Waals surface area contributed by atoms with Gasteiger partial charge in [-0.2, -0.15) is 13.2 Å². The van der Waals surface area contributed by atoms with Crippen LogP contribution in [0.1, 0.15) is 33.4 Å². The molecular weight excluding hydrogens is 441 g/mol. The summed E-state index contributed by atoms with van der Waals surface area (Å²) >= 11 is 0. The highest BCUT2D eigenvalue weighted by Gasteiger charge is 2.30. The van der Waals surface area contributed by atoms with Crippen LogP contribution in [-0.2, 0) is 15.7 Å². The number of halogens is 3. The maximum Gasteiger partial charge on any atom is 0.416 e. The number of benzene rings is 2. The number of carbonyl (C=O) groups is 3. The van der Waals surface area contributed by atoms with Crippen LogP contribution in [0.2, 0.25) is 0 Å². The molecular formula is C23H19F3N2O5. The molecule has 2 aromatic carbocycles. The Hall–Kier alpha value is -4.08. The molecule has 0 atom stereocenters. The van der Waals surface area contributed by atoms with Crippen molar-refractivity contribution in [3.63, 3.8) is 0 Å². The van der Waals surface area contributed by atoms with E-state index in [2.05, 4.69) is 10.6 Å². The van der Waals surface area contributed by atoms with Crippen LogP contribution in [-0.4, -0.2) is 30.9 Å². The van der Waals surface area contributed by atoms with Crippen LogP contribution in [0.3, 0.4) is 0 Å². The smallest absolute Gasteiger partial charge is 0.416 e. The Bertz CT molecular complexity index is 1170. The van der Waals surface area contributed by atoms with E-state index in [1.807, 2.05) is 0 Å². The van der Waals surface area contributed by atoms with Gasteiger partial charge >= 0.3 is 12.1 Å². The van der Waals surface area contributed by atoms with Crippen LogP contribution in [0.15, 0.2) is 65.1 Å². The van der Waals surface area contributed by atoms with Gasteiger partial charge < -0.3 is 19.8 Å². The van der Waals surface area contributed by atoms with Gasteiger partial charge in [0.05, 0.1) is 5.56 Å². The zero-order valence-electron chi connectivity index (χ0n) is 17.4. The van der Waals surface area contributed by atoms with Gasteiger partial charge in [0.15, 0.2) is 6.61 Å². The predicted octanol–water partition coefficient (Wildman–Crippen LogP) is 4.51. The van der Waals surface area contributed by atoms with Gasteiger partial charge in [-0.15, -0.1) is 0 Å². The van der Waals surface area contributed by atoms with Gasteiger partial charge in [0.2, 0.25) is 5.76 Å². The van der Waals surface area contributed by atoms with E-state index in [4.69, 9.17) is 9.15 Å². The predicted molar refractivity (Wildman–Crippen MR) is 113 cm³/mol. The lowest BCUT2D eigenvalue weighted by Gasteiger charge is -2.08. The maximum atomic E-state index is 12.9. The molecule has 3 aromatic rings. The molecule has 2 N–H and O–H groups in total. The fourth-order valence-corrected chi connectivity index (χ4v) is 2.85. The highest BCUT2D eigenvalue weighted by atomic mass is 19.4. The summed E-state index contributed by atoms with van der Waals surface area (Å²) in [6, 6.07) is 13.2. The average molecular weight is 460 g/mol. The SMILES string of the molecule is CCNC(=O)c1cccc(NC(=O)COC(=O)c2ccc(-c3cccc(C(F)(F)F)c3)o2)c1. The van der Waals surface area contributed by atoms with Gasteiger partial charge in [0.25, 0.3) is 11.8 Å². The van der Waals surface area contributed by atoms with Gasteiger partial charge in [0, 0.05) is 23.4 Å². The third-order valence-electron chi connectivity index (χ3n) is 4.36. The lowest BCUT2D eigenvalue weighted by molar-refractivity contribution is -0.137. The molecule has 172 valence electrons. The van der Waals surface area contributed by atoms with Gasteiger partial charge in [0.1, 0.15) is 5.76 Å². The van der Waals surface area contributed by atoms with Crippen LogP contribution < -0.4 is 10.6 Å². The van der Waals surface area contributed by atoms with Crippen LogP contribution in [0.4, 0.5) is 18.9 Å². The minimum absolute atomic E-state index is 0.0414. The van der Waals surface area contributed by atoms with E-state index in [-0.39, 0.29) is 23.0 Å². The Morgan fingerprint density at radius 1 is 1.00 bits per heavy atom. The van der Waals surface area contributed by atoms with Crippen molar-refractivity contribution >= 4 is 23.5 Å². The quantitative estimate of drug-likeness (QED) is 0.506. The van der Waals surface area contributed by atoms with Crippen molar-refractivity contribution in [3.05, 3.63) is 77.6 Å². The molecule has 1 heterocycles. The number of anilines is 1. The number of hydrogen-bond donors (Lipinski definition) is 2. The van der Waals surface area contributed by atoms with Crippen molar-refractivity contribution in [3.8, 4) is 11.3 Å². The Morgan fingerprint density at radius 2 is 1.76 bits per heavy atom. The average Bonchev–Trinajstić information content (AvgIpc) is 3.28. The second kappa shape index (κ2) is 10.0. The monoisotopic (exact) mass is 460 g/mol. The molecule has 0 radical (unpaired) electrons. The standard InChI is InChI=1S/C23H19F3N2O5/c1-2-27-21(30)15-6-4-8-17(12-15)28-20(29)13-32-22(31)19-10-9-18(33-19)14-5-3-7-16(11-14)23(24,25)26/h3-12H,2,13H2,1H3,(H,27,30)(H,28,29). The van der Waals surface area contributed by atoms with E-state index in [0.29, 0.717) is 17.8 Å². The van der Waals surface area contributed by atoms with E-state index in [9.17, 15) is 27.6 Å². The Labute approximate surface area is 186 Å². The largest absolute Gasteiger partial charge is 0.450 e. The summed E-state index contributed by atoms with van der Waals surface area (Å²) in [5.41, 5.74) is -0.0314. The van der Waals surface area contributed by atoms with Crippen molar-refractivity contribution in [1.82, 2.24) is 5.32 Å². The number of ether oxygens (including phenoxy) is 1. The summed E-state index contributed by atoms with van der Waals surface area (Å²) in [7, 11) is 0. The van der Waals surface area contributed by atoms with Crippen LogP contribution in [0.5, 0.6) is 0 Å². The topological polar surface area (TPSA) is 97.6 Å². The molecule has 0 bridgehead atoms. The molecule has 2 amide bonds. The minimum atomic E-state index is -4.52. The molecule has 0 unspecified atom stereocenters. The van der Waals surface area contributed by atoms with Crippen LogP contribution >= 0.6 is 0 Å². The van der Waals surface area contributed by atoms with Gasteiger partial charge in [-0.1, -0.05) is 18.2 Å². The zero-order chi connectivity index (χ0) is 24.0. The second-order valence-corrected chi connectivity index (χ2v) is 6.81.